The van der Waals surface area contributed by atoms with Crippen molar-refractivity contribution < 1.29 is 29.0 Å². The third kappa shape index (κ3) is 4.62. The Morgan fingerprint density at radius 1 is 1.09 bits per heavy atom. The third-order valence-corrected chi connectivity index (χ3v) is 7.48. The molecule has 35 heavy (non-hydrogen) atoms. The molecule has 2 amide bonds. The van der Waals surface area contributed by atoms with Crippen LogP contribution >= 0.6 is 0 Å². The average Bonchev–Trinajstić information content (AvgIpc) is 3.51. The number of fused-ring (bicyclic) bond motifs is 3. The number of amides is 2. The molecule has 0 bridgehead atoms. The van der Waals surface area contributed by atoms with Crippen LogP contribution in [0.2, 0.25) is 0 Å². The van der Waals surface area contributed by atoms with E-state index in [0.29, 0.717) is 12.3 Å². The van der Waals surface area contributed by atoms with E-state index in [9.17, 15) is 19.5 Å². The monoisotopic (exact) mass is 478 g/mol. The summed E-state index contributed by atoms with van der Waals surface area (Å²) in [6.07, 6.45) is 1.77. The molecule has 1 aliphatic heterocycles. The zero-order valence-corrected chi connectivity index (χ0v) is 19.7. The highest BCUT2D eigenvalue weighted by Gasteiger charge is 2.48. The number of hydrogen-bond acceptors (Lipinski definition) is 5. The first-order valence-electron chi connectivity index (χ1n) is 12.1. The molecule has 0 aromatic heterocycles. The van der Waals surface area contributed by atoms with Gasteiger partial charge in [-0.2, -0.15) is 0 Å². The number of alkyl carbamates (subject to hydrolysis) is 1. The first-order chi connectivity index (χ1) is 16.9. The van der Waals surface area contributed by atoms with Gasteiger partial charge in [0.25, 0.3) is 0 Å². The minimum atomic E-state index is -1.09. The second-order valence-electron chi connectivity index (χ2n) is 10.00. The molecule has 2 aromatic rings. The van der Waals surface area contributed by atoms with Gasteiger partial charge in [-0.25, -0.2) is 9.59 Å². The van der Waals surface area contributed by atoms with E-state index < -0.39 is 35.5 Å². The number of nitrogens with one attached hydrogen (secondary N) is 2. The fraction of sp³-hybridized carbons (Fsp3) is 0.444. The van der Waals surface area contributed by atoms with E-state index >= 15 is 0 Å². The van der Waals surface area contributed by atoms with E-state index in [0.717, 1.165) is 35.1 Å². The number of carboxylic acids is 1. The number of carbonyl (C=O) groups excluding carboxylic acids is 2. The lowest BCUT2D eigenvalue weighted by molar-refractivity contribution is -0.144. The molecule has 8 heteroatoms. The standard InChI is InChI=1S/C27H30N2O6/c1-27(25(32)28-22(24(30)31)12-16-10-11-16)15-34-14-23(27)29-26(33)35-13-21-19-8-4-2-6-17(19)18-7-3-5-9-20(18)21/h2-9,16,21-23H,10-15H2,1H3,(H,28,32)(H,29,33)(H,30,31). The molecular weight excluding hydrogens is 448 g/mol. The smallest absolute Gasteiger partial charge is 0.407 e. The number of carboxylic acid groups (broad SMARTS) is 1. The summed E-state index contributed by atoms with van der Waals surface area (Å²) in [5.41, 5.74) is 3.42. The van der Waals surface area contributed by atoms with Gasteiger partial charge in [0, 0.05) is 5.92 Å². The molecule has 1 saturated carbocycles. The first kappa shape index (κ1) is 23.4. The van der Waals surface area contributed by atoms with Gasteiger partial charge in [0.05, 0.1) is 24.7 Å². The van der Waals surface area contributed by atoms with Gasteiger partial charge in [-0.1, -0.05) is 61.4 Å². The lowest BCUT2D eigenvalue weighted by Crippen LogP contribution is -2.56. The lowest BCUT2D eigenvalue weighted by atomic mass is 9.84. The minimum absolute atomic E-state index is 0.0681. The van der Waals surface area contributed by atoms with Crippen molar-refractivity contribution in [2.45, 2.75) is 44.2 Å². The Morgan fingerprint density at radius 2 is 1.71 bits per heavy atom. The van der Waals surface area contributed by atoms with Gasteiger partial charge < -0.3 is 25.2 Å². The quantitative estimate of drug-likeness (QED) is 0.537. The Morgan fingerprint density at radius 3 is 2.31 bits per heavy atom. The fourth-order valence-corrected chi connectivity index (χ4v) is 5.11. The summed E-state index contributed by atoms with van der Waals surface area (Å²) >= 11 is 0. The SMILES string of the molecule is CC1(C(=O)NC(CC2CC2)C(=O)O)COCC1NC(=O)OCC1c2ccccc2-c2ccccc21. The Bertz CT molecular complexity index is 1100. The van der Waals surface area contributed by atoms with Crippen LogP contribution in [0.3, 0.4) is 0 Å². The maximum atomic E-state index is 13.1. The Hall–Kier alpha value is -3.39. The predicted molar refractivity (Wildman–Crippen MR) is 128 cm³/mol. The van der Waals surface area contributed by atoms with Crippen LogP contribution in [0.1, 0.15) is 43.2 Å². The van der Waals surface area contributed by atoms with Crippen molar-refractivity contribution in [3.63, 3.8) is 0 Å². The Kier molecular flexibility index (Phi) is 6.23. The van der Waals surface area contributed by atoms with E-state index in [1.54, 1.807) is 6.92 Å². The molecule has 2 aliphatic carbocycles. The number of rotatable bonds is 8. The van der Waals surface area contributed by atoms with Gasteiger partial charge in [-0.05, 0) is 41.5 Å². The number of aliphatic carboxylic acids is 1. The van der Waals surface area contributed by atoms with Gasteiger partial charge in [-0.3, -0.25) is 4.79 Å². The summed E-state index contributed by atoms with van der Waals surface area (Å²) in [7, 11) is 0. The molecule has 5 rings (SSSR count). The van der Waals surface area contributed by atoms with Crippen LogP contribution in [0.15, 0.2) is 48.5 Å². The van der Waals surface area contributed by atoms with Crippen LogP contribution in [-0.2, 0) is 19.1 Å². The van der Waals surface area contributed by atoms with Gasteiger partial charge in [0.1, 0.15) is 12.6 Å². The van der Waals surface area contributed by atoms with Gasteiger partial charge in [-0.15, -0.1) is 0 Å². The van der Waals surface area contributed by atoms with Crippen LogP contribution in [0.5, 0.6) is 0 Å². The van der Waals surface area contributed by atoms with Crippen molar-refractivity contribution in [2.24, 2.45) is 11.3 Å². The number of benzene rings is 2. The number of carbonyl (C=O) groups is 3. The van der Waals surface area contributed by atoms with Crippen molar-refractivity contribution in [1.82, 2.24) is 10.6 Å². The number of hydrogen-bond donors (Lipinski definition) is 3. The molecule has 1 heterocycles. The third-order valence-electron chi connectivity index (χ3n) is 7.48. The topological polar surface area (TPSA) is 114 Å². The number of ether oxygens (including phenoxy) is 2. The molecule has 3 aliphatic rings. The zero-order valence-electron chi connectivity index (χ0n) is 19.7. The molecule has 184 valence electrons. The molecule has 0 radical (unpaired) electrons. The van der Waals surface area contributed by atoms with Crippen molar-refractivity contribution >= 4 is 18.0 Å². The highest BCUT2D eigenvalue weighted by Crippen LogP contribution is 2.44. The van der Waals surface area contributed by atoms with E-state index in [1.807, 2.05) is 36.4 Å². The zero-order chi connectivity index (χ0) is 24.6. The summed E-state index contributed by atoms with van der Waals surface area (Å²) in [6, 6.07) is 14.6. The fourth-order valence-electron chi connectivity index (χ4n) is 5.11. The minimum Gasteiger partial charge on any atom is -0.480 e. The van der Waals surface area contributed by atoms with Crippen molar-refractivity contribution in [3.05, 3.63) is 59.7 Å². The summed E-state index contributed by atoms with van der Waals surface area (Å²) in [5.74, 6) is -1.21. The molecule has 3 unspecified atom stereocenters. The van der Waals surface area contributed by atoms with E-state index in [2.05, 4.69) is 22.8 Å². The normalized spacial score (nSPS) is 23.7. The molecular formula is C27H30N2O6. The Balaban J connectivity index is 1.22. The molecule has 3 N–H and O–H groups in total. The van der Waals surface area contributed by atoms with Crippen molar-refractivity contribution in [1.29, 1.82) is 0 Å². The summed E-state index contributed by atoms with van der Waals surface area (Å²) in [6.45, 7) is 2.08. The molecule has 0 spiro atoms. The maximum absolute atomic E-state index is 13.1. The summed E-state index contributed by atoms with van der Waals surface area (Å²) in [4.78, 5) is 37.5. The van der Waals surface area contributed by atoms with E-state index in [4.69, 9.17) is 9.47 Å². The van der Waals surface area contributed by atoms with Crippen LogP contribution in [-0.4, -0.2) is 55.0 Å². The van der Waals surface area contributed by atoms with Crippen LogP contribution in [0.25, 0.3) is 11.1 Å². The second-order valence-corrected chi connectivity index (χ2v) is 10.00. The molecule has 2 fully saturated rings. The Labute approximate surface area is 204 Å². The molecule has 1 saturated heterocycles. The van der Waals surface area contributed by atoms with Gasteiger partial charge in [0.2, 0.25) is 5.91 Å². The van der Waals surface area contributed by atoms with Crippen LogP contribution in [0.4, 0.5) is 4.79 Å². The predicted octanol–water partition coefficient (Wildman–Crippen LogP) is 3.30. The largest absolute Gasteiger partial charge is 0.480 e. The van der Waals surface area contributed by atoms with Crippen LogP contribution in [0, 0.1) is 11.3 Å². The summed E-state index contributed by atoms with van der Waals surface area (Å²) in [5, 5.41) is 15.0. The molecule has 2 aromatic carbocycles. The summed E-state index contributed by atoms with van der Waals surface area (Å²) < 4.78 is 11.1. The average molecular weight is 479 g/mol. The second kappa shape index (κ2) is 9.34. The lowest BCUT2D eigenvalue weighted by Gasteiger charge is -2.30. The van der Waals surface area contributed by atoms with Crippen molar-refractivity contribution in [2.75, 3.05) is 19.8 Å². The molecule has 8 nitrogen and oxygen atoms in total. The maximum Gasteiger partial charge on any atom is 0.407 e. The van der Waals surface area contributed by atoms with Gasteiger partial charge >= 0.3 is 12.1 Å². The van der Waals surface area contributed by atoms with E-state index in [1.165, 1.54) is 0 Å². The first-order valence-corrected chi connectivity index (χ1v) is 12.1. The van der Waals surface area contributed by atoms with E-state index in [-0.39, 0.29) is 25.7 Å². The van der Waals surface area contributed by atoms with Gasteiger partial charge in [0.15, 0.2) is 0 Å². The van der Waals surface area contributed by atoms with Crippen molar-refractivity contribution in [3.8, 4) is 11.1 Å². The molecule has 3 atom stereocenters. The highest BCUT2D eigenvalue weighted by molar-refractivity contribution is 5.88. The van der Waals surface area contributed by atoms with Crippen LogP contribution < -0.4 is 10.6 Å². The highest BCUT2D eigenvalue weighted by atomic mass is 16.5.